The second kappa shape index (κ2) is 6.19. The number of anilines is 1. The fourth-order valence-electron chi connectivity index (χ4n) is 3.23. The predicted molar refractivity (Wildman–Crippen MR) is 93.6 cm³/mol. The molecular formula is C18H15Cl2NO3. The molecule has 2 aromatic rings. The van der Waals surface area contributed by atoms with Gasteiger partial charge in [0.05, 0.1) is 35.4 Å². The van der Waals surface area contributed by atoms with Crippen LogP contribution in [-0.4, -0.2) is 19.1 Å². The van der Waals surface area contributed by atoms with Crippen molar-refractivity contribution in [3.63, 3.8) is 0 Å². The predicted octanol–water partition coefficient (Wildman–Crippen LogP) is 4.04. The molecule has 4 nitrogen and oxygen atoms in total. The summed E-state index contributed by atoms with van der Waals surface area (Å²) in [5.74, 6) is 1.56. The van der Waals surface area contributed by atoms with E-state index in [0.29, 0.717) is 28.9 Å². The first-order chi connectivity index (χ1) is 11.6. The number of fused-ring (bicyclic) bond motifs is 2. The van der Waals surface area contributed by atoms with Crippen LogP contribution in [0, 0.1) is 0 Å². The number of nitrogens with one attached hydrogen (secondary N) is 1. The number of hydrogen-bond acceptors (Lipinski definition) is 3. The zero-order valence-electron chi connectivity index (χ0n) is 12.8. The van der Waals surface area contributed by atoms with Crippen molar-refractivity contribution in [2.24, 2.45) is 0 Å². The molecule has 1 amide bonds. The maximum absolute atomic E-state index is 12.5. The molecule has 6 heteroatoms. The molecule has 0 spiro atoms. The van der Waals surface area contributed by atoms with Crippen molar-refractivity contribution in [2.75, 3.05) is 18.5 Å². The molecule has 0 fully saturated rings. The quantitative estimate of drug-likeness (QED) is 0.894. The Labute approximate surface area is 149 Å². The van der Waals surface area contributed by atoms with E-state index in [1.807, 2.05) is 6.07 Å². The van der Waals surface area contributed by atoms with Gasteiger partial charge in [-0.3, -0.25) is 4.79 Å². The van der Waals surface area contributed by atoms with E-state index in [1.165, 1.54) is 0 Å². The van der Waals surface area contributed by atoms with Crippen LogP contribution in [0.4, 0.5) is 5.69 Å². The Kier molecular flexibility index (Phi) is 4.02. The van der Waals surface area contributed by atoms with Crippen molar-refractivity contribution in [3.05, 3.63) is 51.0 Å². The molecule has 2 heterocycles. The molecule has 0 bridgehead atoms. The highest BCUT2D eigenvalue weighted by Crippen LogP contribution is 2.41. The van der Waals surface area contributed by atoms with Gasteiger partial charge in [0.25, 0.3) is 0 Å². The summed E-state index contributed by atoms with van der Waals surface area (Å²) >= 11 is 12.1. The molecule has 0 saturated carbocycles. The number of carbonyl (C=O) groups is 1. The fourth-order valence-corrected chi connectivity index (χ4v) is 3.57. The molecule has 2 aliphatic rings. The smallest absolute Gasteiger partial charge is 0.228 e. The lowest BCUT2D eigenvalue weighted by Gasteiger charge is -2.13. The number of rotatable bonds is 3. The molecule has 4 rings (SSSR count). The summed E-state index contributed by atoms with van der Waals surface area (Å²) in [5, 5.41) is 3.58. The van der Waals surface area contributed by atoms with Crippen molar-refractivity contribution >= 4 is 34.8 Å². The average molecular weight is 364 g/mol. The van der Waals surface area contributed by atoms with Crippen LogP contribution in [0.1, 0.15) is 16.7 Å². The molecule has 24 heavy (non-hydrogen) atoms. The zero-order valence-corrected chi connectivity index (χ0v) is 14.3. The number of ether oxygens (including phenoxy) is 2. The maximum atomic E-state index is 12.5. The molecule has 0 aliphatic carbocycles. The minimum absolute atomic E-state index is 0.155. The Balaban J connectivity index is 1.62. The third-order valence-electron chi connectivity index (χ3n) is 4.32. The molecular weight excluding hydrogens is 349 g/mol. The van der Waals surface area contributed by atoms with E-state index in [-0.39, 0.29) is 12.3 Å². The normalized spacial score (nSPS) is 14.6. The standard InChI is InChI=1S/C18H15Cl2NO3/c19-13-2-1-3-14(17(13)20)21-16(22)9-12-11-5-7-23-15(11)8-10-4-6-24-18(10)12/h1-3,8H,4-7,9H2,(H,21,22). The minimum atomic E-state index is -0.155. The Hall–Kier alpha value is -1.91. The van der Waals surface area contributed by atoms with Crippen LogP contribution in [0.2, 0.25) is 10.0 Å². The third kappa shape index (κ3) is 2.70. The fraction of sp³-hybridized carbons (Fsp3) is 0.278. The molecule has 0 atom stereocenters. The molecule has 1 N–H and O–H groups in total. The van der Waals surface area contributed by atoms with E-state index < -0.39 is 0 Å². The van der Waals surface area contributed by atoms with Gasteiger partial charge in [-0.15, -0.1) is 0 Å². The Bertz CT molecular complexity index is 803. The highest BCUT2D eigenvalue weighted by molar-refractivity contribution is 6.44. The second-order valence-corrected chi connectivity index (χ2v) is 6.63. The van der Waals surface area contributed by atoms with Gasteiger partial charge in [0, 0.05) is 29.5 Å². The second-order valence-electron chi connectivity index (χ2n) is 5.84. The first-order valence-corrected chi connectivity index (χ1v) is 8.56. The molecule has 2 aromatic carbocycles. The van der Waals surface area contributed by atoms with Gasteiger partial charge in [0.2, 0.25) is 5.91 Å². The van der Waals surface area contributed by atoms with Crippen LogP contribution >= 0.6 is 23.2 Å². The van der Waals surface area contributed by atoms with Crippen LogP contribution in [0.25, 0.3) is 0 Å². The van der Waals surface area contributed by atoms with Gasteiger partial charge in [-0.25, -0.2) is 0 Å². The Morgan fingerprint density at radius 2 is 2.00 bits per heavy atom. The Morgan fingerprint density at radius 1 is 1.17 bits per heavy atom. The Morgan fingerprint density at radius 3 is 2.88 bits per heavy atom. The van der Waals surface area contributed by atoms with Crippen molar-refractivity contribution in [1.29, 1.82) is 0 Å². The third-order valence-corrected chi connectivity index (χ3v) is 5.14. The maximum Gasteiger partial charge on any atom is 0.228 e. The summed E-state index contributed by atoms with van der Waals surface area (Å²) in [6.07, 6.45) is 1.87. The summed E-state index contributed by atoms with van der Waals surface area (Å²) in [4.78, 5) is 12.5. The molecule has 0 unspecified atom stereocenters. The minimum Gasteiger partial charge on any atom is -0.493 e. The topological polar surface area (TPSA) is 47.6 Å². The SMILES string of the molecule is O=C(Cc1c2c(cc3c1OCC3)OCC2)Nc1cccc(Cl)c1Cl. The zero-order chi connectivity index (χ0) is 16.7. The molecule has 124 valence electrons. The van der Waals surface area contributed by atoms with Gasteiger partial charge in [0.1, 0.15) is 11.5 Å². The van der Waals surface area contributed by atoms with E-state index >= 15 is 0 Å². The van der Waals surface area contributed by atoms with Crippen molar-refractivity contribution < 1.29 is 14.3 Å². The van der Waals surface area contributed by atoms with Gasteiger partial charge < -0.3 is 14.8 Å². The highest BCUT2D eigenvalue weighted by atomic mass is 35.5. The van der Waals surface area contributed by atoms with Gasteiger partial charge >= 0.3 is 0 Å². The van der Waals surface area contributed by atoms with E-state index in [0.717, 1.165) is 41.0 Å². The highest BCUT2D eigenvalue weighted by Gasteiger charge is 2.27. The molecule has 0 saturated heterocycles. The van der Waals surface area contributed by atoms with Crippen molar-refractivity contribution in [2.45, 2.75) is 19.3 Å². The summed E-state index contributed by atoms with van der Waals surface area (Å²) < 4.78 is 11.4. The molecule has 2 aliphatic heterocycles. The van der Waals surface area contributed by atoms with Crippen LogP contribution in [0.15, 0.2) is 24.3 Å². The summed E-state index contributed by atoms with van der Waals surface area (Å²) in [6, 6.07) is 7.20. The van der Waals surface area contributed by atoms with Crippen LogP contribution < -0.4 is 14.8 Å². The average Bonchev–Trinajstić information content (AvgIpc) is 3.20. The first kappa shape index (κ1) is 15.6. The summed E-state index contributed by atoms with van der Waals surface area (Å²) in [5.41, 5.74) is 3.62. The number of amides is 1. The van der Waals surface area contributed by atoms with Gasteiger partial charge in [-0.05, 0) is 18.2 Å². The van der Waals surface area contributed by atoms with Gasteiger partial charge in [-0.1, -0.05) is 29.3 Å². The lowest BCUT2D eigenvalue weighted by atomic mass is 9.97. The lowest BCUT2D eigenvalue weighted by molar-refractivity contribution is -0.115. The lowest BCUT2D eigenvalue weighted by Crippen LogP contribution is -2.16. The van der Waals surface area contributed by atoms with E-state index in [2.05, 4.69) is 5.32 Å². The van der Waals surface area contributed by atoms with Crippen LogP contribution in [0.5, 0.6) is 11.5 Å². The van der Waals surface area contributed by atoms with Gasteiger partial charge in [-0.2, -0.15) is 0 Å². The van der Waals surface area contributed by atoms with Crippen molar-refractivity contribution in [1.82, 2.24) is 0 Å². The van der Waals surface area contributed by atoms with E-state index in [4.69, 9.17) is 32.7 Å². The monoisotopic (exact) mass is 363 g/mol. The van der Waals surface area contributed by atoms with Crippen LogP contribution in [0.3, 0.4) is 0 Å². The number of hydrogen-bond donors (Lipinski definition) is 1. The molecule has 0 radical (unpaired) electrons. The molecule has 0 aromatic heterocycles. The largest absolute Gasteiger partial charge is 0.493 e. The number of benzene rings is 2. The first-order valence-electron chi connectivity index (χ1n) is 7.80. The number of carbonyl (C=O) groups excluding carboxylic acids is 1. The van der Waals surface area contributed by atoms with E-state index in [1.54, 1.807) is 18.2 Å². The van der Waals surface area contributed by atoms with Crippen molar-refractivity contribution in [3.8, 4) is 11.5 Å². The summed E-state index contributed by atoms with van der Waals surface area (Å²) in [6.45, 7) is 1.29. The van der Waals surface area contributed by atoms with E-state index in [9.17, 15) is 4.79 Å². The van der Waals surface area contributed by atoms with Crippen LogP contribution in [-0.2, 0) is 24.1 Å². The number of halogens is 2. The summed E-state index contributed by atoms with van der Waals surface area (Å²) in [7, 11) is 0. The van der Waals surface area contributed by atoms with Gasteiger partial charge in [0.15, 0.2) is 0 Å².